The number of halogens is 1. The molecule has 0 aromatic rings. The lowest BCUT2D eigenvalue weighted by atomic mass is 10.2. The number of unbranched alkanes of at least 4 members (excludes halogenated alkanes) is 4. The first kappa shape index (κ1) is 11.2. The predicted molar refractivity (Wildman–Crippen MR) is 56.3 cm³/mol. The van der Waals surface area contributed by atoms with E-state index < -0.39 is 0 Å². The van der Waals surface area contributed by atoms with Gasteiger partial charge in [0.15, 0.2) is 0 Å². The molecule has 0 atom stereocenters. The van der Waals surface area contributed by atoms with Gasteiger partial charge in [-0.1, -0.05) is 47.8 Å². The largest absolute Gasteiger partial charge is 0.0928 e. The van der Waals surface area contributed by atoms with Crippen LogP contribution in [0.1, 0.15) is 45.4 Å². The van der Waals surface area contributed by atoms with Crippen LogP contribution in [0, 0.1) is 0 Å². The maximum absolute atomic E-state index is 3.42. The molecule has 11 heavy (non-hydrogen) atoms. The fourth-order valence-electron chi connectivity index (χ4n) is 0.914. The van der Waals surface area contributed by atoms with E-state index in [1.807, 2.05) is 0 Å². The van der Waals surface area contributed by atoms with Crippen LogP contribution in [0.5, 0.6) is 0 Å². The Morgan fingerprint density at radius 3 is 2.18 bits per heavy atom. The summed E-state index contributed by atoms with van der Waals surface area (Å²) in [5.41, 5.74) is 0. The Morgan fingerprint density at radius 1 is 1.00 bits per heavy atom. The van der Waals surface area contributed by atoms with E-state index >= 15 is 0 Å². The summed E-state index contributed by atoms with van der Waals surface area (Å²) in [6.45, 7) is 2.23. The average Bonchev–Trinajstić information content (AvgIpc) is 2.03. The monoisotopic (exact) mass is 218 g/mol. The van der Waals surface area contributed by atoms with Crippen molar-refractivity contribution in [2.45, 2.75) is 45.4 Å². The van der Waals surface area contributed by atoms with Gasteiger partial charge in [0.1, 0.15) is 0 Å². The maximum Gasteiger partial charge on any atom is 0.00314 e. The summed E-state index contributed by atoms with van der Waals surface area (Å²) < 4.78 is 0. The smallest absolute Gasteiger partial charge is 0.00314 e. The second kappa shape index (κ2) is 10.2. The van der Waals surface area contributed by atoms with E-state index in [9.17, 15) is 0 Å². The lowest BCUT2D eigenvalue weighted by Crippen LogP contribution is -1.73. The molecule has 1 heteroatoms. The fraction of sp³-hybridized carbons (Fsp3) is 0.800. The van der Waals surface area contributed by atoms with Crippen molar-refractivity contribution in [3.05, 3.63) is 12.2 Å². The van der Waals surface area contributed by atoms with E-state index in [1.54, 1.807) is 0 Å². The van der Waals surface area contributed by atoms with Gasteiger partial charge in [0.05, 0.1) is 0 Å². The number of allylic oxidation sites excluding steroid dienone is 2. The standard InChI is InChI=1S/C10H19Br/c1-2-3-4-5-6-7-8-9-10-11/h5-6H,2-4,7-10H2,1H3/b6-5-. The Labute approximate surface area is 79.2 Å². The SMILES string of the molecule is CCCC/C=C\CCCCBr. The zero-order chi connectivity index (χ0) is 8.36. The number of rotatable bonds is 7. The lowest BCUT2D eigenvalue weighted by Gasteiger charge is -1.91. The van der Waals surface area contributed by atoms with Crippen molar-refractivity contribution >= 4 is 15.9 Å². The molecule has 0 aliphatic carbocycles. The molecule has 0 aliphatic heterocycles. The summed E-state index contributed by atoms with van der Waals surface area (Å²) in [6.07, 6.45) is 12.4. The normalized spacial score (nSPS) is 11.1. The van der Waals surface area contributed by atoms with Crippen LogP contribution in [-0.4, -0.2) is 5.33 Å². The molecular formula is C10H19Br. The number of hydrogen-bond donors (Lipinski definition) is 0. The minimum absolute atomic E-state index is 1.15. The molecule has 66 valence electrons. The number of alkyl halides is 1. The summed E-state index contributed by atoms with van der Waals surface area (Å²) in [5, 5.41) is 1.15. The molecule has 0 radical (unpaired) electrons. The summed E-state index contributed by atoms with van der Waals surface area (Å²) in [6, 6.07) is 0. The molecule has 0 bridgehead atoms. The van der Waals surface area contributed by atoms with Gasteiger partial charge in [-0.2, -0.15) is 0 Å². The van der Waals surface area contributed by atoms with Gasteiger partial charge in [-0.3, -0.25) is 0 Å². The Bertz CT molecular complexity index is 86.9. The third-order valence-corrected chi connectivity index (χ3v) is 2.21. The molecule has 0 amide bonds. The van der Waals surface area contributed by atoms with Crippen LogP contribution in [0.4, 0.5) is 0 Å². The molecule has 0 N–H and O–H groups in total. The van der Waals surface area contributed by atoms with E-state index in [-0.39, 0.29) is 0 Å². The zero-order valence-corrected chi connectivity index (χ0v) is 9.07. The summed E-state index contributed by atoms with van der Waals surface area (Å²) >= 11 is 3.42. The Balaban J connectivity index is 2.91. The Hall–Kier alpha value is 0.220. The fourth-order valence-corrected chi connectivity index (χ4v) is 1.31. The predicted octanol–water partition coefficient (Wildman–Crippen LogP) is 4.30. The first-order chi connectivity index (χ1) is 5.41. The minimum atomic E-state index is 1.15. The molecule has 0 nitrogen and oxygen atoms in total. The second-order valence-corrected chi connectivity index (χ2v) is 3.59. The highest BCUT2D eigenvalue weighted by atomic mass is 79.9. The van der Waals surface area contributed by atoms with Crippen molar-refractivity contribution in [1.29, 1.82) is 0 Å². The molecule has 0 fully saturated rings. The topological polar surface area (TPSA) is 0 Å². The average molecular weight is 219 g/mol. The van der Waals surface area contributed by atoms with Crippen LogP contribution >= 0.6 is 15.9 Å². The van der Waals surface area contributed by atoms with E-state index in [1.165, 1.54) is 38.5 Å². The van der Waals surface area contributed by atoms with Crippen molar-refractivity contribution in [3.8, 4) is 0 Å². The van der Waals surface area contributed by atoms with Crippen LogP contribution in [-0.2, 0) is 0 Å². The molecule has 0 aromatic carbocycles. The summed E-state index contributed by atoms with van der Waals surface area (Å²) in [4.78, 5) is 0. The highest BCUT2D eigenvalue weighted by Crippen LogP contribution is 2.01. The molecule has 0 saturated carbocycles. The molecular weight excluding hydrogens is 200 g/mol. The van der Waals surface area contributed by atoms with Crippen LogP contribution < -0.4 is 0 Å². The van der Waals surface area contributed by atoms with Gasteiger partial charge in [-0.25, -0.2) is 0 Å². The molecule has 0 aliphatic rings. The first-order valence-corrected chi connectivity index (χ1v) is 5.75. The van der Waals surface area contributed by atoms with Gasteiger partial charge >= 0.3 is 0 Å². The lowest BCUT2D eigenvalue weighted by molar-refractivity contribution is 0.797. The minimum Gasteiger partial charge on any atom is -0.0928 e. The molecule has 0 unspecified atom stereocenters. The van der Waals surface area contributed by atoms with Crippen molar-refractivity contribution < 1.29 is 0 Å². The van der Waals surface area contributed by atoms with Gasteiger partial charge in [-0.15, -0.1) is 0 Å². The molecule has 0 saturated heterocycles. The van der Waals surface area contributed by atoms with Crippen LogP contribution in [0.25, 0.3) is 0 Å². The zero-order valence-electron chi connectivity index (χ0n) is 7.48. The third kappa shape index (κ3) is 10.2. The third-order valence-electron chi connectivity index (χ3n) is 1.65. The van der Waals surface area contributed by atoms with Gasteiger partial charge in [0, 0.05) is 5.33 Å². The highest BCUT2D eigenvalue weighted by molar-refractivity contribution is 9.09. The van der Waals surface area contributed by atoms with Gasteiger partial charge in [-0.05, 0) is 25.7 Å². The van der Waals surface area contributed by atoms with Crippen LogP contribution in [0.2, 0.25) is 0 Å². The van der Waals surface area contributed by atoms with E-state index in [2.05, 4.69) is 35.0 Å². The van der Waals surface area contributed by atoms with E-state index in [4.69, 9.17) is 0 Å². The van der Waals surface area contributed by atoms with Crippen molar-refractivity contribution in [3.63, 3.8) is 0 Å². The highest BCUT2D eigenvalue weighted by Gasteiger charge is 1.82. The first-order valence-electron chi connectivity index (χ1n) is 4.62. The van der Waals surface area contributed by atoms with Crippen molar-refractivity contribution in [2.75, 3.05) is 5.33 Å². The Morgan fingerprint density at radius 2 is 1.64 bits per heavy atom. The van der Waals surface area contributed by atoms with E-state index in [0.29, 0.717) is 0 Å². The maximum atomic E-state index is 3.42. The van der Waals surface area contributed by atoms with Gasteiger partial charge in [0.2, 0.25) is 0 Å². The van der Waals surface area contributed by atoms with Gasteiger partial charge in [0.25, 0.3) is 0 Å². The van der Waals surface area contributed by atoms with Crippen molar-refractivity contribution in [1.82, 2.24) is 0 Å². The molecule has 0 aromatic heterocycles. The van der Waals surface area contributed by atoms with Crippen LogP contribution in [0.15, 0.2) is 12.2 Å². The number of hydrogen-bond acceptors (Lipinski definition) is 0. The molecule has 0 spiro atoms. The van der Waals surface area contributed by atoms with Crippen molar-refractivity contribution in [2.24, 2.45) is 0 Å². The van der Waals surface area contributed by atoms with E-state index in [0.717, 1.165) is 5.33 Å². The van der Waals surface area contributed by atoms with Gasteiger partial charge < -0.3 is 0 Å². The summed E-state index contributed by atoms with van der Waals surface area (Å²) in [7, 11) is 0. The molecule has 0 heterocycles. The second-order valence-electron chi connectivity index (χ2n) is 2.80. The Kier molecular flexibility index (Phi) is 10.4. The summed E-state index contributed by atoms with van der Waals surface area (Å²) in [5.74, 6) is 0. The quantitative estimate of drug-likeness (QED) is 0.340. The molecule has 0 rings (SSSR count). The van der Waals surface area contributed by atoms with Crippen LogP contribution in [0.3, 0.4) is 0 Å².